The predicted octanol–water partition coefficient (Wildman–Crippen LogP) is 5.49. The van der Waals surface area contributed by atoms with Crippen LogP contribution in [0.3, 0.4) is 0 Å². The average molecular weight is 325 g/mol. The van der Waals surface area contributed by atoms with Crippen molar-refractivity contribution < 1.29 is 9.53 Å². The molecule has 0 aromatic heterocycles. The van der Waals surface area contributed by atoms with Crippen molar-refractivity contribution in [3.05, 3.63) is 59.7 Å². The molecule has 2 aromatic rings. The molecule has 1 N–H and O–H groups in total. The van der Waals surface area contributed by atoms with Gasteiger partial charge in [0.25, 0.3) is 5.91 Å². The van der Waals surface area contributed by atoms with E-state index in [1.54, 1.807) is 12.1 Å². The lowest BCUT2D eigenvalue weighted by Gasteiger charge is -2.11. The van der Waals surface area contributed by atoms with E-state index in [1.807, 2.05) is 24.3 Å². The molecule has 3 nitrogen and oxygen atoms in total. The van der Waals surface area contributed by atoms with Crippen LogP contribution in [-0.2, 0) is 0 Å². The predicted molar refractivity (Wildman–Crippen MR) is 99.9 cm³/mol. The fourth-order valence-corrected chi connectivity index (χ4v) is 2.30. The maximum atomic E-state index is 12.3. The summed E-state index contributed by atoms with van der Waals surface area (Å²) < 4.78 is 5.63. The monoisotopic (exact) mass is 325 g/mol. The highest BCUT2D eigenvalue weighted by Gasteiger charge is 2.08. The largest absolute Gasteiger partial charge is 0.493 e. The Morgan fingerprint density at radius 3 is 2.17 bits per heavy atom. The summed E-state index contributed by atoms with van der Waals surface area (Å²) in [6.45, 7) is 9.27. The maximum Gasteiger partial charge on any atom is 0.255 e. The minimum Gasteiger partial charge on any atom is -0.493 e. The first kappa shape index (κ1) is 18.1. The molecule has 24 heavy (non-hydrogen) atoms. The van der Waals surface area contributed by atoms with Gasteiger partial charge in [0.1, 0.15) is 5.75 Å². The standard InChI is InChI=1S/C21H27NO2/c1-5-16(4)17-6-10-19(11-7-17)22-21(23)18-8-12-20(13-9-18)24-14-15(2)3/h6-13,15-16H,5,14H2,1-4H3,(H,22,23). The third kappa shape index (κ3) is 5.12. The van der Waals surface area contributed by atoms with E-state index in [4.69, 9.17) is 4.74 Å². The number of hydrogen-bond donors (Lipinski definition) is 1. The summed E-state index contributed by atoms with van der Waals surface area (Å²) in [5.41, 5.74) is 2.73. The molecule has 0 saturated carbocycles. The molecule has 1 atom stereocenters. The molecule has 0 fully saturated rings. The normalized spacial score (nSPS) is 12.0. The van der Waals surface area contributed by atoms with Gasteiger partial charge in [-0.1, -0.05) is 39.8 Å². The third-order valence-electron chi connectivity index (χ3n) is 4.05. The van der Waals surface area contributed by atoms with Crippen LogP contribution in [0.15, 0.2) is 48.5 Å². The fraction of sp³-hybridized carbons (Fsp3) is 0.381. The number of rotatable bonds is 7. The Bertz CT molecular complexity index is 645. The molecule has 1 unspecified atom stereocenters. The van der Waals surface area contributed by atoms with E-state index >= 15 is 0 Å². The van der Waals surface area contributed by atoms with Gasteiger partial charge in [0.2, 0.25) is 0 Å². The lowest BCUT2D eigenvalue weighted by Crippen LogP contribution is -2.12. The van der Waals surface area contributed by atoms with Gasteiger partial charge in [-0.15, -0.1) is 0 Å². The van der Waals surface area contributed by atoms with Crippen molar-refractivity contribution in [3.8, 4) is 5.75 Å². The molecular weight excluding hydrogens is 298 g/mol. The molecule has 0 radical (unpaired) electrons. The summed E-state index contributed by atoms with van der Waals surface area (Å²) in [6.07, 6.45) is 1.11. The van der Waals surface area contributed by atoms with Crippen LogP contribution in [0.2, 0.25) is 0 Å². The molecule has 0 aliphatic heterocycles. The minimum absolute atomic E-state index is 0.110. The van der Waals surface area contributed by atoms with Crippen LogP contribution in [0, 0.1) is 5.92 Å². The van der Waals surface area contributed by atoms with Gasteiger partial charge in [-0.2, -0.15) is 0 Å². The molecule has 0 aliphatic carbocycles. The summed E-state index contributed by atoms with van der Waals surface area (Å²) in [5.74, 6) is 1.69. The number of nitrogens with one attached hydrogen (secondary N) is 1. The summed E-state index contributed by atoms with van der Waals surface area (Å²) in [6, 6.07) is 15.3. The molecule has 3 heteroatoms. The molecule has 0 heterocycles. The number of ether oxygens (including phenoxy) is 1. The van der Waals surface area contributed by atoms with Gasteiger partial charge in [-0.3, -0.25) is 4.79 Å². The van der Waals surface area contributed by atoms with Gasteiger partial charge in [0.05, 0.1) is 6.61 Å². The van der Waals surface area contributed by atoms with Crippen LogP contribution >= 0.6 is 0 Å². The lowest BCUT2D eigenvalue weighted by molar-refractivity contribution is 0.102. The molecule has 128 valence electrons. The number of anilines is 1. The Morgan fingerprint density at radius 1 is 1.00 bits per heavy atom. The lowest BCUT2D eigenvalue weighted by atomic mass is 9.98. The molecule has 2 rings (SSSR count). The van der Waals surface area contributed by atoms with Crippen molar-refractivity contribution in [1.82, 2.24) is 0 Å². The van der Waals surface area contributed by atoms with E-state index in [0.29, 0.717) is 24.0 Å². The second-order valence-corrected chi connectivity index (χ2v) is 6.61. The number of benzene rings is 2. The fourth-order valence-electron chi connectivity index (χ4n) is 2.30. The highest BCUT2D eigenvalue weighted by atomic mass is 16.5. The first-order valence-electron chi connectivity index (χ1n) is 8.63. The van der Waals surface area contributed by atoms with Gasteiger partial charge in [0.15, 0.2) is 0 Å². The van der Waals surface area contributed by atoms with Crippen molar-refractivity contribution in [2.45, 2.75) is 40.0 Å². The van der Waals surface area contributed by atoms with Crippen molar-refractivity contribution in [2.24, 2.45) is 5.92 Å². The zero-order chi connectivity index (χ0) is 17.5. The van der Waals surface area contributed by atoms with E-state index < -0.39 is 0 Å². The minimum atomic E-state index is -0.110. The number of carbonyl (C=O) groups is 1. The second-order valence-electron chi connectivity index (χ2n) is 6.61. The van der Waals surface area contributed by atoms with E-state index in [2.05, 4.69) is 45.1 Å². The smallest absolute Gasteiger partial charge is 0.255 e. The Labute approximate surface area is 145 Å². The van der Waals surface area contributed by atoms with E-state index in [0.717, 1.165) is 17.9 Å². The van der Waals surface area contributed by atoms with E-state index in [-0.39, 0.29) is 5.91 Å². The van der Waals surface area contributed by atoms with Crippen molar-refractivity contribution >= 4 is 11.6 Å². The maximum absolute atomic E-state index is 12.3. The van der Waals surface area contributed by atoms with Crippen LogP contribution < -0.4 is 10.1 Å². The Kier molecular flexibility index (Phi) is 6.42. The van der Waals surface area contributed by atoms with E-state index in [1.165, 1.54) is 5.56 Å². The van der Waals surface area contributed by atoms with Crippen LogP contribution in [-0.4, -0.2) is 12.5 Å². The first-order valence-corrected chi connectivity index (χ1v) is 8.63. The number of amides is 1. The topological polar surface area (TPSA) is 38.3 Å². The second kappa shape index (κ2) is 8.53. The zero-order valence-corrected chi connectivity index (χ0v) is 15.0. The van der Waals surface area contributed by atoms with Gasteiger partial charge in [0, 0.05) is 11.3 Å². The van der Waals surface area contributed by atoms with Crippen LogP contribution in [0.1, 0.15) is 56.0 Å². The summed E-state index contributed by atoms with van der Waals surface area (Å²) in [5, 5.41) is 2.93. The molecule has 0 spiro atoms. The molecule has 0 aliphatic rings. The summed E-state index contributed by atoms with van der Waals surface area (Å²) >= 11 is 0. The Hall–Kier alpha value is -2.29. The van der Waals surface area contributed by atoms with Crippen LogP contribution in [0.5, 0.6) is 5.75 Å². The highest BCUT2D eigenvalue weighted by molar-refractivity contribution is 6.04. The SMILES string of the molecule is CCC(C)c1ccc(NC(=O)c2ccc(OCC(C)C)cc2)cc1. The van der Waals surface area contributed by atoms with Gasteiger partial charge >= 0.3 is 0 Å². The van der Waals surface area contributed by atoms with Crippen LogP contribution in [0.25, 0.3) is 0 Å². The Balaban J connectivity index is 1.96. The number of hydrogen-bond acceptors (Lipinski definition) is 2. The molecule has 1 amide bonds. The van der Waals surface area contributed by atoms with Gasteiger partial charge in [-0.05, 0) is 60.2 Å². The van der Waals surface area contributed by atoms with E-state index in [9.17, 15) is 4.79 Å². The highest BCUT2D eigenvalue weighted by Crippen LogP contribution is 2.21. The van der Waals surface area contributed by atoms with Crippen LogP contribution in [0.4, 0.5) is 5.69 Å². The zero-order valence-electron chi connectivity index (χ0n) is 15.0. The van der Waals surface area contributed by atoms with Gasteiger partial charge < -0.3 is 10.1 Å². The Morgan fingerprint density at radius 2 is 1.62 bits per heavy atom. The summed E-state index contributed by atoms with van der Waals surface area (Å²) in [4.78, 5) is 12.3. The van der Waals surface area contributed by atoms with Crippen molar-refractivity contribution in [1.29, 1.82) is 0 Å². The first-order chi connectivity index (χ1) is 11.5. The average Bonchev–Trinajstić information content (AvgIpc) is 2.60. The summed E-state index contributed by atoms with van der Waals surface area (Å²) in [7, 11) is 0. The van der Waals surface area contributed by atoms with Crippen molar-refractivity contribution in [2.75, 3.05) is 11.9 Å². The number of carbonyl (C=O) groups excluding carboxylic acids is 1. The van der Waals surface area contributed by atoms with Crippen molar-refractivity contribution in [3.63, 3.8) is 0 Å². The molecule has 0 bridgehead atoms. The van der Waals surface area contributed by atoms with Gasteiger partial charge in [-0.25, -0.2) is 0 Å². The molecule has 0 saturated heterocycles. The third-order valence-corrected chi connectivity index (χ3v) is 4.05. The molecule has 2 aromatic carbocycles. The molecular formula is C21H27NO2. The quantitative estimate of drug-likeness (QED) is 0.731.